The Morgan fingerprint density at radius 2 is 2.17 bits per heavy atom. The SMILES string of the molecule is CO/N=C(/CNC=O)CC(C)Cc1ccccc1. The molecule has 0 aliphatic carbocycles. The van der Waals surface area contributed by atoms with E-state index < -0.39 is 0 Å². The Morgan fingerprint density at radius 3 is 2.78 bits per heavy atom. The van der Waals surface area contributed by atoms with Gasteiger partial charge in [0.15, 0.2) is 0 Å². The summed E-state index contributed by atoms with van der Waals surface area (Å²) >= 11 is 0. The topological polar surface area (TPSA) is 50.7 Å². The van der Waals surface area contributed by atoms with Crippen LogP contribution in [0.25, 0.3) is 0 Å². The second-order valence-corrected chi connectivity index (χ2v) is 4.34. The first kappa shape index (κ1) is 14.2. The predicted octanol–water partition coefficient (Wildman–Crippen LogP) is 2.00. The number of oxime groups is 1. The molecule has 0 fully saturated rings. The van der Waals surface area contributed by atoms with E-state index in [9.17, 15) is 4.79 Å². The Balaban J connectivity index is 2.48. The number of carbonyl (C=O) groups is 1. The van der Waals surface area contributed by atoms with Gasteiger partial charge in [-0.05, 0) is 24.3 Å². The summed E-state index contributed by atoms with van der Waals surface area (Å²) in [5.41, 5.74) is 2.16. The van der Waals surface area contributed by atoms with Gasteiger partial charge < -0.3 is 10.2 Å². The normalized spacial score (nSPS) is 12.9. The van der Waals surface area contributed by atoms with Gasteiger partial charge in [-0.25, -0.2) is 0 Å². The van der Waals surface area contributed by atoms with Gasteiger partial charge in [-0.1, -0.05) is 42.4 Å². The van der Waals surface area contributed by atoms with Crippen LogP contribution in [0.2, 0.25) is 0 Å². The summed E-state index contributed by atoms with van der Waals surface area (Å²) in [5, 5.41) is 6.55. The summed E-state index contributed by atoms with van der Waals surface area (Å²) in [6.45, 7) is 2.61. The quantitative estimate of drug-likeness (QED) is 0.434. The number of hydrogen-bond acceptors (Lipinski definition) is 3. The number of amides is 1. The van der Waals surface area contributed by atoms with Crippen LogP contribution in [-0.2, 0) is 16.1 Å². The lowest BCUT2D eigenvalue weighted by atomic mass is 9.96. The van der Waals surface area contributed by atoms with Gasteiger partial charge in [-0.15, -0.1) is 0 Å². The fraction of sp³-hybridized carbons (Fsp3) is 0.429. The van der Waals surface area contributed by atoms with Crippen molar-refractivity contribution in [3.8, 4) is 0 Å². The van der Waals surface area contributed by atoms with E-state index >= 15 is 0 Å². The lowest BCUT2D eigenvalue weighted by Crippen LogP contribution is -2.23. The summed E-state index contributed by atoms with van der Waals surface area (Å²) in [6, 6.07) is 10.3. The Kier molecular flexibility index (Phi) is 6.54. The van der Waals surface area contributed by atoms with Crippen LogP contribution in [0.3, 0.4) is 0 Å². The van der Waals surface area contributed by atoms with Crippen LogP contribution in [0.4, 0.5) is 0 Å². The zero-order valence-electron chi connectivity index (χ0n) is 10.9. The maximum Gasteiger partial charge on any atom is 0.207 e. The fourth-order valence-electron chi connectivity index (χ4n) is 1.92. The number of benzene rings is 1. The summed E-state index contributed by atoms with van der Waals surface area (Å²) in [5.74, 6) is 0.453. The first-order valence-electron chi connectivity index (χ1n) is 6.06. The van der Waals surface area contributed by atoms with Crippen molar-refractivity contribution in [3.05, 3.63) is 35.9 Å². The molecule has 0 saturated heterocycles. The van der Waals surface area contributed by atoms with Crippen LogP contribution in [0.1, 0.15) is 18.9 Å². The van der Waals surface area contributed by atoms with Crippen LogP contribution in [0.5, 0.6) is 0 Å². The first-order chi connectivity index (χ1) is 8.76. The van der Waals surface area contributed by atoms with Crippen molar-refractivity contribution in [2.45, 2.75) is 19.8 Å². The Hall–Kier alpha value is -1.84. The Labute approximate surface area is 108 Å². The summed E-state index contributed by atoms with van der Waals surface area (Å²) in [7, 11) is 1.52. The van der Waals surface area contributed by atoms with Crippen LogP contribution in [0, 0.1) is 5.92 Å². The van der Waals surface area contributed by atoms with Gasteiger partial charge in [0.05, 0.1) is 12.3 Å². The van der Waals surface area contributed by atoms with Crippen LogP contribution in [-0.4, -0.2) is 25.8 Å². The van der Waals surface area contributed by atoms with E-state index in [1.165, 1.54) is 12.7 Å². The number of rotatable bonds is 8. The Morgan fingerprint density at radius 1 is 1.44 bits per heavy atom. The lowest BCUT2D eigenvalue weighted by Gasteiger charge is -2.12. The maximum atomic E-state index is 10.3. The average Bonchev–Trinajstić information content (AvgIpc) is 2.37. The highest BCUT2D eigenvalue weighted by atomic mass is 16.6. The third kappa shape index (κ3) is 5.48. The highest BCUT2D eigenvalue weighted by Gasteiger charge is 2.09. The van der Waals surface area contributed by atoms with E-state index in [1.54, 1.807) is 0 Å². The van der Waals surface area contributed by atoms with Gasteiger partial charge in [0.1, 0.15) is 7.11 Å². The first-order valence-corrected chi connectivity index (χ1v) is 6.06. The van der Waals surface area contributed by atoms with E-state index in [1.807, 2.05) is 18.2 Å². The standard InChI is InChI=1S/C14H20N2O2/c1-12(8-13-6-4-3-5-7-13)9-14(16-18-2)10-15-11-17/h3-7,11-12H,8-10H2,1-2H3,(H,15,17)/b16-14+. The molecular weight excluding hydrogens is 228 g/mol. The minimum absolute atomic E-state index is 0.441. The molecule has 98 valence electrons. The second kappa shape index (κ2) is 8.28. The van der Waals surface area contributed by atoms with Gasteiger partial charge in [0.2, 0.25) is 6.41 Å². The summed E-state index contributed by atoms with van der Waals surface area (Å²) in [6.07, 6.45) is 2.47. The average molecular weight is 248 g/mol. The molecule has 1 aromatic rings. The maximum absolute atomic E-state index is 10.3. The van der Waals surface area contributed by atoms with Gasteiger partial charge in [0.25, 0.3) is 0 Å². The van der Waals surface area contributed by atoms with Crippen molar-refractivity contribution >= 4 is 12.1 Å². The van der Waals surface area contributed by atoms with Crippen molar-refractivity contribution in [2.75, 3.05) is 13.7 Å². The summed E-state index contributed by atoms with van der Waals surface area (Å²) < 4.78 is 0. The molecule has 1 N–H and O–H groups in total. The fourth-order valence-corrected chi connectivity index (χ4v) is 1.92. The van der Waals surface area contributed by atoms with E-state index in [0.717, 1.165) is 18.6 Å². The third-order valence-corrected chi connectivity index (χ3v) is 2.62. The van der Waals surface area contributed by atoms with E-state index in [4.69, 9.17) is 4.84 Å². The molecule has 0 saturated carbocycles. The van der Waals surface area contributed by atoms with Crippen molar-refractivity contribution < 1.29 is 9.63 Å². The van der Waals surface area contributed by atoms with E-state index in [-0.39, 0.29) is 0 Å². The molecule has 1 unspecified atom stereocenters. The molecule has 0 aromatic heterocycles. The molecule has 1 aromatic carbocycles. The van der Waals surface area contributed by atoms with Gasteiger partial charge >= 0.3 is 0 Å². The van der Waals surface area contributed by atoms with Crippen molar-refractivity contribution in [1.82, 2.24) is 5.32 Å². The molecule has 0 aliphatic rings. The van der Waals surface area contributed by atoms with E-state index in [0.29, 0.717) is 18.9 Å². The third-order valence-electron chi connectivity index (χ3n) is 2.62. The molecule has 0 aliphatic heterocycles. The van der Waals surface area contributed by atoms with Crippen molar-refractivity contribution in [1.29, 1.82) is 0 Å². The van der Waals surface area contributed by atoms with Crippen LogP contribution in [0.15, 0.2) is 35.5 Å². The molecule has 1 amide bonds. The number of nitrogens with one attached hydrogen (secondary N) is 1. The number of carbonyl (C=O) groups excluding carboxylic acids is 1. The minimum Gasteiger partial charge on any atom is -0.399 e. The summed E-state index contributed by atoms with van der Waals surface area (Å²) in [4.78, 5) is 15.1. The molecule has 4 heteroatoms. The predicted molar refractivity (Wildman–Crippen MR) is 72.4 cm³/mol. The minimum atomic E-state index is 0.441. The highest BCUT2D eigenvalue weighted by molar-refractivity contribution is 5.87. The van der Waals surface area contributed by atoms with Gasteiger partial charge in [-0.3, -0.25) is 4.79 Å². The van der Waals surface area contributed by atoms with Gasteiger partial charge in [-0.2, -0.15) is 0 Å². The second-order valence-electron chi connectivity index (χ2n) is 4.34. The largest absolute Gasteiger partial charge is 0.399 e. The molecule has 1 atom stereocenters. The van der Waals surface area contributed by atoms with Crippen molar-refractivity contribution in [3.63, 3.8) is 0 Å². The van der Waals surface area contributed by atoms with E-state index in [2.05, 4.69) is 29.5 Å². The molecule has 0 spiro atoms. The highest BCUT2D eigenvalue weighted by Crippen LogP contribution is 2.12. The van der Waals surface area contributed by atoms with Gasteiger partial charge in [0, 0.05) is 0 Å². The Bertz CT molecular complexity index is 377. The zero-order chi connectivity index (χ0) is 13.2. The smallest absolute Gasteiger partial charge is 0.207 e. The molecular formula is C14H20N2O2. The van der Waals surface area contributed by atoms with Crippen LogP contribution >= 0.6 is 0 Å². The molecule has 0 bridgehead atoms. The van der Waals surface area contributed by atoms with Crippen molar-refractivity contribution in [2.24, 2.45) is 11.1 Å². The molecule has 1 rings (SSSR count). The monoisotopic (exact) mass is 248 g/mol. The molecule has 18 heavy (non-hydrogen) atoms. The number of hydrogen-bond donors (Lipinski definition) is 1. The van der Waals surface area contributed by atoms with Crippen LogP contribution < -0.4 is 5.32 Å². The number of nitrogens with zero attached hydrogens (tertiary/aromatic N) is 1. The lowest BCUT2D eigenvalue weighted by molar-refractivity contribution is -0.109. The molecule has 0 heterocycles. The molecule has 0 radical (unpaired) electrons. The molecule has 4 nitrogen and oxygen atoms in total. The zero-order valence-corrected chi connectivity index (χ0v) is 10.9.